The number of carbonyl (C=O) groups excluding carboxylic acids is 16. The maximum absolute atomic E-state index is 14.8. The molecule has 0 saturated carbocycles. The van der Waals surface area contributed by atoms with Gasteiger partial charge >= 0.3 is 29.8 Å². The molecular formula is C72H101N17O26. The Bertz CT molecular complexity index is 4040. The Balaban J connectivity index is 1.87. The van der Waals surface area contributed by atoms with Crippen molar-refractivity contribution in [1.82, 2.24) is 74.1 Å². The summed E-state index contributed by atoms with van der Waals surface area (Å²) in [7, 11) is 0. The first-order chi connectivity index (χ1) is 54.4. The average Bonchev–Trinajstić information content (AvgIpc) is 1.72. The smallest absolute Gasteiger partial charge is 0.329 e. The molecule has 2 heterocycles. The Labute approximate surface area is 657 Å². The number of hydrogen-bond acceptors (Lipinski definition) is 24. The van der Waals surface area contributed by atoms with E-state index >= 15 is 0 Å². The molecule has 2 aromatic carbocycles. The number of anilines is 1. The van der Waals surface area contributed by atoms with Crippen molar-refractivity contribution in [3.8, 4) is 0 Å². The molecular weight excluding hydrogens is 1520 g/mol. The summed E-state index contributed by atoms with van der Waals surface area (Å²) in [6, 6.07) is -10.5. The number of carbonyl (C=O) groups is 20. The second-order valence-corrected chi connectivity index (χ2v) is 27.2. The number of amides is 14. The van der Waals surface area contributed by atoms with Crippen molar-refractivity contribution < 1.29 is 126 Å². The molecule has 630 valence electrons. The minimum absolute atomic E-state index is 0.0186. The number of unbranched alkanes of at least 4 members (excludes halogenated alkanes) is 6. The van der Waals surface area contributed by atoms with Crippen LogP contribution in [0.25, 0.3) is 10.9 Å². The van der Waals surface area contributed by atoms with Crippen molar-refractivity contribution >= 4 is 135 Å². The Kier molecular flexibility index (Phi) is 39.2. The van der Waals surface area contributed by atoms with Crippen LogP contribution in [0.1, 0.15) is 146 Å². The predicted octanol–water partition coefficient (Wildman–Crippen LogP) is -5.62. The molecule has 115 heavy (non-hydrogen) atoms. The van der Waals surface area contributed by atoms with E-state index in [2.05, 4.69) is 65.1 Å². The van der Waals surface area contributed by atoms with E-state index in [1.807, 2.05) is 16.0 Å². The summed E-state index contributed by atoms with van der Waals surface area (Å²) in [6.07, 6.45) is -2.33. The molecule has 3 aromatic rings. The van der Waals surface area contributed by atoms with Crippen LogP contribution in [0.2, 0.25) is 0 Å². The Morgan fingerprint density at radius 2 is 1.09 bits per heavy atom. The van der Waals surface area contributed by atoms with Gasteiger partial charge in [-0.1, -0.05) is 82.7 Å². The number of benzene rings is 2. The van der Waals surface area contributed by atoms with Gasteiger partial charge in [-0.05, 0) is 69.3 Å². The number of fused-ring (bicyclic) bond motifs is 1. The highest BCUT2D eigenvalue weighted by atomic mass is 16.5. The summed E-state index contributed by atoms with van der Waals surface area (Å²) in [6.45, 7) is 1.11. The third-order valence-corrected chi connectivity index (χ3v) is 17.9. The van der Waals surface area contributed by atoms with Crippen LogP contribution in [0.15, 0.2) is 54.7 Å². The first-order valence-corrected chi connectivity index (χ1v) is 36.8. The van der Waals surface area contributed by atoms with Crippen molar-refractivity contribution in [2.45, 2.75) is 209 Å². The lowest BCUT2D eigenvalue weighted by Gasteiger charge is -2.30. The first kappa shape index (κ1) is 94.7. The fraction of sp³-hybridized carbons (Fsp3) is 0.528. The molecule has 1 aromatic heterocycles. The monoisotopic (exact) mass is 1620 g/mol. The lowest BCUT2D eigenvalue weighted by Crippen LogP contribution is -2.62. The number of Topliss-reactive ketones (excluding diaryl/α,β-unsaturated/α-hetero) is 1. The fourth-order valence-electron chi connectivity index (χ4n) is 11.7. The summed E-state index contributed by atoms with van der Waals surface area (Å²) in [5.74, 6) is -29.7. The van der Waals surface area contributed by atoms with E-state index in [-0.39, 0.29) is 37.1 Å². The van der Waals surface area contributed by atoms with E-state index in [0.29, 0.717) is 29.3 Å². The summed E-state index contributed by atoms with van der Waals surface area (Å²) < 4.78 is 5.68. The zero-order valence-corrected chi connectivity index (χ0v) is 63.6. The maximum atomic E-state index is 14.8. The fourth-order valence-corrected chi connectivity index (χ4v) is 11.7. The highest BCUT2D eigenvalue weighted by molar-refractivity contribution is 6.05. The number of carboxylic acid groups (broad SMARTS) is 4. The number of ether oxygens (including phenoxy) is 1. The molecule has 0 radical (unpaired) electrons. The normalized spacial score (nSPS) is 21.2. The quantitative estimate of drug-likeness (QED) is 0.0113. The number of aromatic amines is 1. The number of hydrogen-bond donors (Lipinski definition) is 22. The Morgan fingerprint density at radius 1 is 0.548 bits per heavy atom. The van der Waals surface area contributed by atoms with Gasteiger partial charge in [0.15, 0.2) is 5.78 Å². The standard InChI is InChI=1S/C72H101N17O26/c1-5-6-7-8-9-10-11-22-53(93)81-44(25-38-31-76-42-20-15-13-17-39(38)42)66(108)84-45(27-52(75)92)67(109)86-48(30-59(102)103)68(110)89-61-37(4)115-72(114)49(26-51(91)40-18-12-14-19-41(40)74)87-71(113)60(35(2)24-56(96)97)88-69(111)50(34-90)82-55(95)32-77-63(105)46(28-57(98)99)83-62(104)36(3)79-65(107)47(29-58(100)101)85-64(106)43(21-16-23-73)80-54(94)33-78-70(61)112/h12-15,17-20,31,35-37,43-50,60-61,76,90H,5-11,16,21-30,32-34,73-74H2,1-4H3,(H2,75,92)(H,77,105)(H,78,112)(H,79,107)(H,80,94)(H,81,93)(H,82,95)(H,83,104)(H,84,108)(H,85,106)(H,86,109)(H,87,113)(H,88,111)(H,89,110)(H,96,97)(H,98,99)(H,100,101)(H,102,103)/t35-,36+,37?,43-,44-,45+,46-,47?,48-,49-,50+,60?,61?/m0/s1. The molecule has 0 aliphatic carbocycles. The number of H-pyrrole nitrogens is 1. The molecule has 13 atom stereocenters. The number of nitrogen functional groups attached to an aromatic ring is 1. The minimum atomic E-state index is -2.45. The number of nitrogens with two attached hydrogens (primary N) is 3. The summed E-state index contributed by atoms with van der Waals surface area (Å²) >= 11 is 0. The zero-order valence-electron chi connectivity index (χ0n) is 63.6. The minimum Gasteiger partial charge on any atom is -0.481 e. The number of cyclic esters (lactones) is 1. The van der Waals surface area contributed by atoms with Gasteiger partial charge in [0.2, 0.25) is 82.7 Å². The molecule has 43 nitrogen and oxygen atoms in total. The van der Waals surface area contributed by atoms with E-state index in [9.17, 15) is 121 Å². The molecule has 4 rings (SSSR count). The van der Waals surface area contributed by atoms with Crippen molar-refractivity contribution in [3.63, 3.8) is 0 Å². The van der Waals surface area contributed by atoms with Crippen molar-refractivity contribution in [3.05, 3.63) is 65.9 Å². The van der Waals surface area contributed by atoms with Crippen molar-refractivity contribution in [2.75, 3.05) is 32.0 Å². The van der Waals surface area contributed by atoms with Gasteiger partial charge in [-0.15, -0.1) is 0 Å². The topological polar surface area (TPSA) is 702 Å². The van der Waals surface area contributed by atoms with E-state index in [4.69, 9.17) is 21.9 Å². The van der Waals surface area contributed by atoms with Gasteiger partial charge in [-0.3, -0.25) is 91.1 Å². The molecule has 43 heteroatoms. The van der Waals surface area contributed by atoms with Gasteiger partial charge in [0.1, 0.15) is 72.6 Å². The molecule has 1 aliphatic heterocycles. The number of rotatable bonds is 35. The molecule has 25 N–H and O–H groups in total. The van der Waals surface area contributed by atoms with E-state index in [0.717, 1.165) is 52.9 Å². The van der Waals surface area contributed by atoms with Gasteiger partial charge in [0, 0.05) is 47.6 Å². The molecule has 0 spiro atoms. The zero-order chi connectivity index (χ0) is 85.8. The number of esters is 1. The number of ketones is 1. The average molecular weight is 1620 g/mol. The van der Waals surface area contributed by atoms with Crippen LogP contribution in [0, 0.1) is 5.92 Å². The number of aliphatic hydroxyl groups excluding tert-OH is 1. The maximum Gasteiger partial charge on any atom is 0.329 e. The van der Waals surface area contributed by atoms with Crippen molar-refractivity contribution in [1.29, 1.82) is 0 Å². The Hall–Kier alpha value is -12.7. The van der Waals surface area contributed by atoms with Crippen LogP contribution in [-0.2, 0) is 102 Å². The van der Waals surface area contributed by atoms with Crippen LogP contribution in [0.5, 0.6) is 0 Å². The number of para-hydroxylation sites is 2. The van der Waals surface area contributed by atoms with E-state index < -0.39 is 261 Å². The third-order valence-electron chi connectivity index (χ3n) is 17.9. The number of aliphatic carboxylic acids is 4. The third kappa shape index (κ3) is 32.5. The second-order valence-electron chi connectivity index (χ2n) is 27.2. The van der Waals surface area contributed by atoms with Crippen LogP contribution in [-0.4, -0.2) is 248 Å². The summed E-state index contributed by atoms with van der Waals surface area (Å²) in [5.41, 5.74) is 18.1. The lowest BCUT2D eigenvalue weighted by molar-refractivity contribution is -0.156. The van der Waals surface area contributed by atoms with Crippen LogP contribution in [0.3, 0.4) is 0 Å². The molecule has 1 saturated heterocycles. The van der Waals surface area contributed by atoms with Crippen LogP contribution in [0.4, 0.5) is 5.69 Å². The second kappa shape index (κ2) is 47.6. The van der Waals surface area contributed by atoms with Gasteiger partial charge < -0.3 is 122 Å². The van der Waals surface area contributed by atoms with Crippen molar-refractivity contribution in [2.24, 2.45) is 17.4 Å². The Morgan fingerprint density at radius 3 is 1.69 bits per heavy atom. The number of primary amides is 1. The summed E-state index contributed by atoms with van der Waals surface area (Å²) in [4.78, 5) is 276. The summed E-state index contributed by atoms with van der Waals surface area (Å²) in [5, 5.41) is 78.7. The van der Waals surface area contributed by atoms with Crippen LogP contribution >= 0.6 is 0 Å². The molecule has 4 unspecified atom stereocenters. The number of aliphatic hydroxyl groups is 1. The molecule has 0 bridgehead atoms. The highest BCUT2D eigenvalue weighted by Crippen LogP contribution is 2.22. The van der Waals surface area contributed by atoms with E-state index in [1.54, 1.807) is 30.5 Å². The van der Waals surface area contributed by atoms with Gasteiger partial charge in [0.25, 0.3) is 0 Å². The lowest BCUT2D eigenvalue weighted by atomic mass is 9.96. The van der Waals surface area contributed by atoms with Gasteiger partial charge in [0.05, 0.1) is 51.8 Å². The van der Waals surface area contributed by atoms with E-state index in [1.165, 1.54) is 24.3 Å². The highest BCUT2D eigenvalue weighted by Gasteiger charge is 2.41. The molecule has 14 amide bonds. The number of carboxylic acids is 4. The van der Waals surface area contributed by atoms with Gasteiger partial charge in [-0.25, -0.2) is 4.79 Å². The first-order valence-electron chi connectivity index (χ1n) is 36.8. The SMILES string of the molecule is CCCCCCCCCC(=O)N[C@@H](Cc1c[nH]c2ccccc12)C(=O)N[C@H](CC(N)=O)C(=O)N[C@@H](CC(=O)O)C(=O)NC1C(=O)NCC(=O)N[C@@H](CCCN)C(=O)NC(CC(=O)O)C(=O)N[C@H](C)C(=O)N[C@@H](CC(=O)O)C(=O)NCC(=O)N[C@H](CO)C(=O)NC([C@@H](C)CC(=O)O)C(=O)N[C@@H](CC(=O)c2ccccc2N)C(=O)OC1C. The largest absolute Gasteiger partial charge is 0.481 e. The predicted molar refractivity (Wildman–Crippen MR) is 400 cm³/mol. The number of nitrogens with one attached hydrogen (secondary N) is 14. The van der Waals surface area contributed by atoms with Gasteiger partial charge in [-0.2, -0.15) is 0 Å². The molecule has 1 aliphatic rings. The van der Waals surface area contributed by atoms with Crippen LogP contribution < -0.4 is 86.3 Å². The number of aromatic nitrogens is 1. The molecule has 1 fully saturated rings.